The molecule has 1 aromatic heterocycles. The predicted octanol–water partition coefficient (Wildman–Crippen LogP) is 4.29. The zero-order chi connectivity index (χ0) is 22.7. The van der Waals surface area contributed by atoms with Crippen LogP contribution in [-0.4, -0.2) is 35.0 Å². The minimum absolute atomic E-state index is 0.0217. The van der Waals surface area contributed by atoms with Crippen molar-refractivity contribution in [1.82, 2.24) is 14.9 Å². The first-order valence-electron chi connectivity index (χ1n) is 9.99. The number of hydrogen-bond acceptors (Lipinski definition) is 7. The molecule has 0 spiro atoms. The fourth-order valence-electron chi connectivity index (χ4n) is 3.77. The molecule has 1 saturated heterocycles. The summed E-state index contributed by atoms with van der Waals surface area (Å²) in [5.41, 5.74) is 2.87. The molecule has 0 unspecified atom stereocenters. The van der Waals surface area contributed by atoms with Crippen molar-refractivity contribution in [2.24, 2.45) is 0 Å². The number of ether oxygens (including phenoxy) is 1. The second-order valence-corrected chi connectivity index (χ2v) is 10.4. The molecule has 2 bridgehead atoms. The van der Waals surface area contributed by atoms with E-state index in [1.807, 2.05) is 34.6 Å². The third-order valence-electron chi connectivity index (χ3n) is 5.22. The number of hydrogen-bond donors (Lipinski definition) is 0. The number of carbonyl (C=O) groups excluding carboxylic acids is 1. The highest BCUT2D eigenvalue weighted by atomic mass is 32.2. The van der Waals surface area contributed by atoms with Crippen molar-refractivity contribution in [2.75, 3.05) is 0 Å². The van der Waals surface area contributed by atoms with Gasteiger partial charge in [0.15, 0.2) is 0 Å². The molecule has 5 rings (SSSR count). The lowest BCUT2D eigenvalue weighted by Crippen LogP contribution is -2.48. The molecule has 1 amide bonds. The SMILES string of the molecule is CC1=C2C[C@H](c3nc(C)nc(OS(=O)(=O)c4ccc(C)cc4)c31)N2C(=O)OC(C)(C)C. The van der Waals surface area contributed by atoms with E-state index in [0.717, 1.165) is 11.3 Å². The summed E-state index contributed by atoms with van der Waals surface area (Å²) in [6, 6.07) is 6.07. The van der Waals surface area contributed by atoms with E-state index in [2.05, 4.69) is 9.97 Å². The lowest BCUT2D eigenvalue weighted by atomic mass is 9.81. The van der Waals surface area contributed by atoms with Gasteiger partial charge in [0.25, 0.3) is 0 Å². The minimum atomic E-state index is -4.08. The number of nitrogens with zero attached hydrogens (tertiary/aromatic N) is 3. The number of benzene rings is 1. The third kappa shape index (κ3) is 3.78. The molecule has 1 fully saturated rings. The summed E-state index contributed by atoms with van der Waals surface area (Å²) in [7, 11) is -4.08. The Bertz CT molecular complexity index is 1210. The van der Waals surface area contributed by atoms with Gasteiger partial charge in [-0.05, 0) is 59.2 Å². The highest BCUT2D eigenvalue weighted by molar-refractivity contribution is 7.87. The average molecular weight is 444 g/mol. The Kier molecular flexibility index (Phi) is 4.84. The first-order chi connectivity index (χ1) is 14.4. The van der Waals surface area contributed by atoms with Crippen LogP contribution in [0.25, 0.3) is 5.57 Å². The van der Waals surface area contributed by atoms with Crippen molar-refractivity contribution in [2.45, 2.75) is 64.5 Å². The van der Waals surface area contributed by atoms with E-state index in [4.69, 9.17) is 8.92 Å². The van der Waals surface area contributed by atoms with Gasteiger partial charge in [-0.15, -0.1) is 0 Å². The molecular weight excluding hydrogens is 418 g/mol. The quantitative estimate of drug-likeness (QED) is 0.653. The molecule has 2 aliphatic heterocycles. The van der Waals surface area contributed by atoms with Gasteiger partial charge in [0.05, 0.1) is 17.3 Å². The van der Waals surface area contributed by atoms with Crippen LogP contribution in [0.3, 0.4) is 0 Å². The summed E-state index contributed by atoms with van der Waals surface area (Å²) < 4.78 is 36.7. The summed E-state index contributed by atoms with van der Waals surface area (Å²) >= 11 is 0. The van der Waals surface area contributed by atoms with E-state index >= 15 is 0 Å². The van der Waals surface area contributed by atoms with E-state index in [1.54, 1.807) is 24.0 Å². The van der Waals surface area contributed by atoms with Gasteiger partial charge in [-0.2, -0.15) is 13.4 Å². The smallest absolute Gasteiger partial charge is 0.415 e. The van der Waals surface area contributed by atoms with Crippen LogP contribution in [0.5, 0.6) is 5.88 Å². The first-order valence-corrected chi connectivity index (χ1v) is 11.4. The van der Waals surface area contributed by atoms with Crippen LogP contribution in [0.15, 0.2) is 34.9 Å². The van der Waals surface area contributed by atoms with Crippen LogP contribution in [0.4, 0.5) is 4.79 Å². The molecule has 0 radical (unpaired) electrons. The summed E-state index contributed by atoms with van der Waals surface area (Å²) in [6.45, 7) is 10.8. The van der Waals surface area contributed by atoms with E-state index in [1.165, 1.54) is 12.1 Å². The first kappa shape index (κ1) is 21.3. The second kappa shape index (κ2) is 7.05. The van der Waals surface area contributed by atoms with Crippen LogP contribution < -0.4 is 4.18 Å². The van der Waals surface area contributed by atoms with Crippen molar-refractivity contribution in [3.05, 3.63) is 52.6 Å². The van der Waals surface area contributed by atoms with Crippen LogP contribution in [0, 0.1) is 13.8 Å². The van der Waals surface area contributed by atoms with Crippen LogP contribution >= 0.6 is 0 Å². The van der Waals surface area contributed by atoms with Gasteiger partial charge in [0, 0.05) is 12.1 Å². The molecule has 9 heteroatoms. The molecule has 2 aromatic rings. The summed E-state index contributed by atoms with van der Waals surface area (Å²) in [6.07, 6.45) is 0.174. The topological polar surface area (TPSA) is 98.7 Å². The normalized spacial score (nSPS) is 17.7. The number of aromatic nitrogens is 2. The fraction of sp³-hybridized carbons (Fsp3) is 0.409. The van der Waals surface area contributed by atoms with Crippen molar-refractivity contribution in [1.29, 1.82) is 0 Å². The number of aryl methyl sites for hydroxylation is 2. The summed E-state index contributed by atoms with van der Waals surface area (Å²) in [5.74, 6) is 0.340. The Hall–Kier alpha value is -2.94. The third-order valence-corrected chi connectivity index (χ3v) is 6.44. The minimum Gasteiger partial charge on any atom is -0.443 e. The zero-order valence-corrected chi connectivity index (χ0v) is 19.2. The van der Waals surface area contributed by atoms with Gasteiger partial charge < -0.3 is 8.92 Å². The van der Waals surface area contributed by atoms with Crippen LogP contribution in [0.1, 0.15) is 62.8 Å². The molecule has 1 aromatic carbocycles. The highest BCUT2D eigenvalue weighted by Crippen LogP contribution is 2.53. The average Bonchev–Trinajstić information content (AvgIpc) is 2.58. The summed E-state index contributed by atoms with van der Waals surface area (Å²) in [4.78, 5) is 23.1. The van der Waals surface area contributed by atoms with Gasteiger partial charge in [0.2, 0.25) is 5.88 Å². The molecule has 0 N–H and O–H groups in total. The molecule has 3 aliphatic rings. The van der Waals surface area contributed by atoms with Crippen LogP contribution in [-0.2, 0) is 14.9 Å². The molecule has 8 nitrogen and oxygen atoms in total. The second-order valence-electron chi connectivity index (χ2n) is 8.83. The Labute approximate surface area is 182 Å². The Morgan fingerprint density at radius 3 is 2.35 bits per heavy atom. The van der Waals surface area contributed by atoms with Crippen molar-refractivity contribution >= 4 is 21.8 Å². The largest absolute Gasteiger partial charge is 0.443 e. The standard InChI is InChI=1S/C22H25N3O5S/c1-12-7-9-15(10-8-12)31(27,28)30-20-18-13(2)16-11-17(19(18)23-14(3)24-20)25(16)21(26)29-22(4,5)6/h7-10,17H,11H2,1-6H3/t17-/m1/s1. The fourth-order valence-corrected chi connectivity index (χ4v) is 4.67. The zero-order valence-electron chi connectivity index (χ0n) is 18.4. The van der Waals surface area contributed by atoms with Crippen molar-refractivity contribution < 1.29 is 22.1 Å². The van der Waals surface area contributed by atoms with E-state index < -0.39 is 21.8 Å². The molecule has 1 atom stereocenters. The number of amides is 1. The molecule has 164 valence electrons. The van der Waals surface area contributed by atoms with Crippen molar-refractivity contribution in [3.63, 3.8) is 0 Å². The maximum absolute atomic E-state index is 12.9. The van der Waals surface area contributed by atoms with Gasteiger partial charge >= 0.3 is 16.2 Å². The van der Waals surface area contributed by atoms with Gasteiger partial charge in [-0.3, -0.25) is 4.90 Å². The lowest BCUT2D eigenvalue weighted by Gasteiger charge is -2.48. The van der Waals surface area contributed by atoms with Gasteiger partial charge in [-0.1, -0.05) is 17.7 Å². The Morgan fingerprint density at radius 1 is 1.10 bits per heavy atom. The maximum Gasteiger partial charge on any atom is 0.415 e. The Morgan fingerprint density at radius 2 is 1.74 bits per heavy atom. The van der Waals surface area contributed by atoms with Crippen LogP contribution in [0.2, 0.25) is 0 Å². The van der Waals surface area contributed by atoms with Gasteiger partial charge in [-0.25, -0.2) is 9.78 Å². The molecular formula is C22H25N3O5S. The number of rotatable bonds is 3. The van der Waals surface area contributed by atoms with E-state index in [0.29, 0.717) is 29.1 Å². The van der Waals surface area contributed by atoms with Gasteiger partial charge in [0.1, 0.15) is 16.3 Å². The molecule has 3 heterocycles. The summed E-state index contributed by atoms with van der Waals surface area (Å²) in [5, 5.41) is 0. The number of allylic oxidation sites excluding steroid dienone is 1. The van der Waals surface area contributed by atoms with Crippen molar-refractivity contribution in [3.8, 4) is 5.88 Å². The molecule has 1 aliphatic carbocycles. The molecule has 0 saturated carbocycles. The molecule has 31 heavy (non-hydrogen) atoms. The highest BCUT2D eigenvalue weighted by Gasteiger charge is 2.49. The van der Waals surface area contributed by atoms with E-state index in [-0.39, 0.29) is 16.8 Å². The van der Waals surface area contributed by atoms with E-state index in [9.17, 15) is 13.2 Å². The maximum atomic E-state index is 12.9. The number of carbonyl (C=O) groups is 1. The predicted molar refractivity (Wildman–Crippen MR) is 114 cm³/mol. The monoisotopic (exact) mass is 443 g/mol. The Balaban J connectivity index is 1.73. The lowest BCUT2D eigenvalue weighted by molar-refractivity contribution is 0.00892.